The fourth-order valence-corrected chi connectivity index (χ4v) is 3.27. The van der Waals surface area contributed by atoms with Gasteiger partial charge in [-0.05, 0) is 12.8 Å². The van der Waals surface area contributed by atoms with Crippen molar-refractivity contribution < 1.29 is 19.8 Å². The van der Waals surface area contributed by atoms with Gasteiger partial charge in [-0.3, -0.25) is 9.59 Å². The Morgan fingerprint density at radius 3 is 2.00 bits per heavy atom. The predicted molar refractivity (Wildman–Crippen MR) is 99.4 cm³/mol. The summed E-state index contributed by atoms with van der Waals surface area (Å²) in [6.45, 7) is 2.09. The number of carbonyl (C=O) groups excluding carboxylic acids is 2. The average Bonchev–Trinajstić information content (AvgIpc) is 2.86. The number of aliphatic hydroxyl groups is 2. The zero-order chi connectivity index (χ0) is 18.5. The van der Waals surface area contributed by atoms with Gasteiger partial charge >= 0.3 is 0 Å². The van der Waals surface area contributed by atoms with Gasteiger partial charge in [0.05, 0.1) is 6.04 Å². The van der Waals surface area contributed by atoms with Crippen molar-refractivity contribution in [2.75, 3.05) is 6.61 Å². The van der Waals surface area contributed by atoms with E-state index < -0.39 is 11.9 Å². The second-order valence-corrected chi connectivity index (χ2v) is 7.01. The van der Waals surface area contributed by atoms with Crippen LogP contribution in [0.2, 0.25) is 0 Å². The monoisotopic (exact) mass is 353 g/mol. The molecule has 0 unspecified atom stereocenters. The highest BCUT2D eigenvalue weighted by molar-refractivity contribution is 6.21. The van der Waals surface area contributed by atoms with Crippen LogP contribution in [0.15, 0.2) is 11.3 Å². The number of rotatable bonds is 15. The number of hydrogen-bond donors (Lipinski definition) is 3. The van der Waals surface area contributed by atoms with Crippen molar-refractivity contribution in [1.29, 1.82) is 0 Å². The molecular formula is C20H35NO4. The standard InChI is InChI=1S/C20H35NO4/c1-2-3-4-5-6-7-8-9-10-11-12-13-17(23)18-19(24)16(14-15-22)21-20(18)25/h16,22,24H,2-15H2,1H3,(H,21,25)/t16-/m0/s1. The summed E-state index contributed by atoms with van der Waals surface area (Å²) in [5.74, 6) is -0.998. The third kappa shape index (κ3) is 8.04. The Kier molecular flexibility index (Phi) is 11.2. The Hall–Kier alpha value is -1.36. The molecule has 5 nitrogen and oxygen atoms in total. The molecule has 1 rings (SSSR count). The Bertz CT molecular complexity index is 445. The van der Waals surface area contributed by atoms with Crippen LogP contribution < -0.4 is 5.32 Å². The van der Waals surface area contributed by atoms with E-state index in [1.807, 2.05) is 0 Å². The first-order chi connectivity index (χ1) is 12.1. The van der Waals surface area contributed by atoms with Crippen LogP contribution in [0, 0.1) is 0 Å². The molecule has 1 atom stereocenters. The summed E-state index contributed by atoms with van der Waals surface area (Å²) >= 11 is 0. The average molecular weight is 354 g/mol. The minimum absolute atomic E-state index is 0.106. The van der Waals surface area contributed by atoms with Gasteiger partial charge in [0.25, 0.3) is 5.91 Å². The van der Waals surface area contributed by atoms with E-state index in [0.29, 0.717) is 6.42 Å². The van der Waals surface area contributed by atoms with E-state index in [-0.39, 0.29) is 30.1 Å². The lowest BCUT2D eigenvalue weighted by atomic mass is 10.0. The van der Waals surface area contributed by atoms with Crippen LogP contribution in [0.25, 0.3) is 0 Å². The van der Waals surface area contributed by atoms with Crippen LogP contribution in [-0.4, -0.2) is 34.6 Å². The summed E-state index contributed by atoms with van der Waals surface area (Å²) in [6, 6.07) is -0.617. The zero-order valence-electron chi connectivity index (χ0n) is 15.7. The number of ketones is 1. The summed E-state index contributed by atoms with van der Waals surface area (Å²) in [5.41, 5.74) is -0.106. The molecule has 5 heteroatoms. The van der Waals surface area contributed by atoms with Crippen molar-refractivity contribution in [3.63, 3.8) is 0 Å². The van der Waals surface area contributed by atoms with Gasteiger partial charge in [0.2, 0.25) is 0 Å². The topological polar surface area (TPSA) is 86.6 Å². The van der Waals surface area contributed by atoms with Crippen LogP contribution in [0.3, 0.4) is 0 Å². The molecule has 3 N–H and O–H groups in total. The molecule has 0 saturated heterocycles. The van der Waals surface area contributed by atoms with Crippen LogP contribution in [0.5, 0.6) is 0 Å². The van der Waals surface area contributed by atoms with Gasteiger partial charge in [-0.25, -0.2) is 0 Å². The number of carbonyl (C=O) groups is 2. The molecule has 0 aromatic rings. The van der Waals surface area contributed by atoms with Crippen molar-refractivity contribution in [3.8, 4) is 0 Å². The molecule has 0 fully saturated rings. The van der Waals surface area contributed by atoms with Gasteiger partial charge in [0, 0.05) is 13.0 Å². The second-order valence-electron chi connectivity index (χ2n) is 7.01. The molecule has 1 aliphatic rings. The smallest absolute Gasteiger partial charge is 0.259 e. The first-order valence-electron chi connectivity index (χ1n) is 9.99. The summed E-state index contributed by atoms with van der Waals surface area (Å²) in [7, 11) is 0. The molecule has 25 heavy (non-hydrogen) atoms. The van der Waals surface area contributed by atoms with E-state index in [1.54, 1.807) is 0 Å². The Balaban J connectivity index is 2.10. The highest BCUT2D eigenvalue weighted by Crippen LogP contribution is 2.20. The third-order valence-corrected chi connectivity index (χ3v) is 4.82. The SMILES string of the molecule is CCCCCCCCCCCCCC(=O)C1=C(O)[C@H](CCO)NC1=O. The maximum atomic E-state index is 12.1. The molecule has 0 saturated carbocycles. The Morgan fingerprint density at radius 1 is 0.960 bits per heavy atom. The minimum atomic E-state index is -0.617. The lowest BCUT2D eigenvalue weighted by Gasteiger charge is -2.07. The lowest BCUT2D eigenvalue weighted by Crippen LogP contribution is -2.30. The van der Waals surface area contributed by atoms with E-state index in [0.717, 1.165) is 19.3 Å². The number of amides is 1. The van der Waals surface area contributed by atoms with Crippen molar-refractivity contribution >= 4 is 11.7 Å². The third-order valence-electron chi connectivity index (χ3n) is 4.82. The van der Waals surface area contributed by atoms with Gasteiger partial charge in [0.15, 0.2) is 5.78 Å². The molecule has 0 spiro atoms. The molecule has 0 radical (unpaired) electrons. The molecule has 0 bridgehead atoms. The number of nitrogens with one attached hydrogen (secondary N) is 1. The predicted octanol–water partition coefficient (Wildman–Crippen LogP) is 3.95. The van der Waals surface area contributed by atoms with E-state index in [2.05, 4.69) is 12.2 Å². The summed E-state index contributed by atoms with van der Waals surface area (Å²) in [5, 5.41) is 21.4. The van der Waals surface area contributed by atoms with E-state index >= 15 is 0 Å². The highest BCUT2D eigenvalue weighted by Gasteiger charge is 2.34. The lowest BCUT2D eigenvalue weighted by molar-refractivity contribution is -0.122. The van der Waals surface area contributed by atoms with E-state index in [9.17, 15) is 14.7 Å². The Labute approximate surface area is 151 Å². The summed E-state index contributed by atoms with van der Waals surface area (Å²) in [4.78, 5) is 23.9. The normalized spacial score (nSPS) is 17.2. The fourth-order valence-electron chi connectivity index (χ4n) is 3.27. The minimum Gasteiger partial charge on any atom is -0.509 e. The quantitative estimate of drug-likeness (QED) is 0.307. The van der Waals surface area contributed by atoms with E-state index in [4.69, 9.17) is 5.11 Å². The molecule has 1 aliphatic heterocycles. The van der Waals surface area contributed by atoms with Crippen LogP contribution in [-0.2, 0) is 9.59 Å². The number of Topliss-reactive ketones (excluding diaryl/α,β-unsaturated/α-hetero) is 1. The maximum Gasteiger partial charge on any atom is 0.259 e. The summed E-state index contributed by atoms with van der Waals surface area (Å²) in [6.07, 6.45) is 13.8. The molecule has 0 aliphatic carbocycles. The number of unbranched alkanes of at least 4 members (excludes halogenated alkanes) is 10. The molecule has 144 valence electrons. The van der Waals surface area contributed by atoms with Crippen LogP contribution in [0.1, 0.15) is 90.4 Å². The number of hydrogen-bond acceptors (Lipinski definition) is 4. The van der Waals surface area contributed by atoms with Crippen molar-refractivity contribution in [2.24, 2.45) is 0 Å². The fraction of sp³-hybridized carbons (Fsp3) is 0.800. The molecule has 0 aromatic heterocycles. The van der Waals surface area contributed by atoms with Crippen LogP contribution in [0.4, 0.5) is 0 Å². The van der Waals surface area contributed by atoms with Crippen molar-refractivity contribution in [3.05, 3.63) is 11.3 Å². The van der Waals surface area contributed by atoms with Gasteiger partial charge in [-0.15, -0.1) is 0 Å². The van der Waals surface area contributed by atoms with Gasteiger partial charge < -0.3 is 15.5 Å². The zero-order valence-corrected chi connectivity index (χ0v) is 15.7. The highest BCUT2D eigenvalue weighted by atomic mass is 16.3. The van der Waals surface area contributed by atoms with Crippen LogP contribution >= 0.6 is 0 Å². The first-order valence-corrected chi connectivity index (χ1v) is 9.99. The number of aliphatic hydroxyl groups excluding tert-OH is 2. The largest absolute Gasteiger partial charge is 0.509 e. The molecule has 0 aromatic carbocycles. The van der Waals surface area contributed by atoms with Gasteiger partial charge in [-0.2, -0.15) is 0 Å². The molecule has 1 heterocycles. The second kappa shape index (κ2) is 12.9. The molecular weight excluding hydrogens is 318 g/mol. The van der Waals surface area contributed by atoms with Gasteiger partial charge in [-0.1, -0.05) is 71.1 Å². The van der Waals surface area contributed by atoms with Crippen molar-refractivity contribution in [2.45, 2.75) is 96.4 Å². The maximum absolute atomic E-state index is 12.1. The first kappa shape index (κ1) is 21.7. The van der Waals surface area contributed by atoms with E-state index in [1.165, 1.54) is 51.4 Å². The molecule has 1 amide bonds. The van der Waals surface area contributed by atoms with Crippen molar-refractivity contribution in [1.82, 2.24) is 5.32 Å². The Morgan fingerprint density at radius 2 is 1.48 bits per heavy atom. The summed E-state index contributed by atoms with van der Waals surface area (Å²) < 4.78 is 0. The van der Waals surface area contributed by atoms with Gasteiger partial charge in [0.1, 0.15) is 11.3 Å².